The van der Waals surface area contributed by atoms with Crippen molar-refractivity contribution in [1.29, 1.82) is 0 Å². The predicted octanol–water partition coefficient (Wildman–Crippen LogP) is 0.707. The topological polar surface area (TPSA) is 75.0 Å². The van der Waals surface area contributed by atoms with E-state index in [2.05, 4.69) is 15.9 Å². The molecule has 0 aliphatic carbocycles. The molecule has 1 amide bonds. The van der Waals surface area contributed by atoms with Crippen molar-refractivity contribution >= 4 is 29.8 Å². The van der Waals surface area contributed by atoms with Gasteiger partial charge in [-0.25, -0.2) is 4.98 Å². The third kappa shape index (κ3) is 1.90. The standard InChI is InChI=1S/C10H10N4OS/c1-2-6-3-9(15)14(5-6)8-4-7(11)12-10(16)13-8/h1,4,6H,3,5H2,(H3,11,12,13,16). The molecule has 0 bridgehead atoms. The first-order chi connectivity index (χ1) is 7.60. The summed E-state index contributed by atoms with van der Waals surface area (Å²) in [4.78, 5) is 19.9. The molecule has 1 aromatic rings. The minimum absolute atomic E-state index is 0.0459. The van der Waals surface area contributed by atoms with E-state index < -0.39 is 0 Å². The van der Waals surface area contributed by atoms with Crippen LogP contribution in [0.4, 0.5) is 11.6 Å². The van der Waals surface area contributed by atoms with Crippen LogP contribution in [-0.4, -0.2) is 22.4 Å². The molecule has 6 heteroatoms. The van der Waals surface area contributed by atoms with Crippen LogP contribution in [0.15, 0.2) is 6.07 Å². The van der Waals surface area contributed by atoms with Gasteiger partial charge in [0.05, 0.1) is 0 Å². The van der Waals surface area contributed by atoms with Crippen molar-refractivity contribution in [3.05, 3.63) is 10.8 Å². The molecule has 2 rings (SSSR count). The van der Waals surface area contributed by atoms with Gasteiger partial charge in [0.1, 0.15) is 11.6 Å². The Hall–Kier alpha value is -1.87. The van der Waals surface area contributed by atoms with Crippen molar-refractivity contribution in [3.63, 3.8) is 0 Å². The fraction of sp³-hybridized carbons (Fsp3) is 0.300. The maximum Gasteiger partial charge on any atom is 0.229 e. The molecule has 16 heavy (non-hydrogen) atoms. The summed E-state index contributed by atoms with van der Waals surface area (Å²) in [7, 11) is 0. The number of H-pyrrole nitrogens is 1. The highest BCUT2D eigenvalue weighted by atomic mass is 32.1. The molecule has 1 fully saturated rings. The molecule has 82 valence electrons. The zero-order chi connectivity index (χ0) is 11.7. The van der Waals surface area contributed by atoms with Crippen LogP contribution >= 0.6 is 12.2 Å². The van der Waals surface area contributed by atoms with Crippen molar-refractivity contribution in [2.75, 3.05) is 17.2 Å². The van der Waals surface area contributed by atoms with Gasteiger partial charge in [-0.3, -0.25) is 9.69 Å². The molecule has 1 aromatic heterocycles. The maximum absolute atomic E-state index is 11.7. The van der Waals surface area contributed by atoms with E-state index in [1.807, 2.05) is 0 Å². The summed E-state index contributed by atoms with van der Waals surface area (Å²) in [6, 6.07) is 1.58. The number of nitrogen functional groups attached to an aromatic ring is 1. The fourth-order valence-electron chi connectivity index (χ4n) is 1.64. The van der Waals surface area contributed by atoms with Gasteiger partial charge in [0, 0.05) is 24.9 Å². The van der Waals surface area contributed by atoms with Crippen LogP contribution in [0.5, 0.6) is 0 Å². The van der Waals surface area contributed by atoms with Crippen LogP contribution in [-0.2, 0) is 4.79 Å². The normalized spacial score (nSPS) is 19.8. The number of aromatic amines is 1. The molecule has 3 N–H and O–H groups in total. The monoisotopic (exact) mass is 234 g/mol. The second-order valence-corrected chi connectivity index (χ2v) is 3.96. The Labute approximate surface area is 97.7 Å². The minimum atomic E-state index is -0.0618. The molecule has 2 heterocycles. The summed E-state index contributed by atoms with van der Waals surface area (Å²) in [5, 5.41) is 0. The quantitative estimate of drug-likeness (QED) is 0.554. The third-order valence-electron chi connectivity index (χ3n) is 2.39. The number of carbonyl (C=O) groups is 1. The summed E-state index contributed by atoms with van der Waals surface area (Å²) in [6.45, 7) is 0.473. The number of rotatable bonds is 1. The molecule has 0 saturated carbocycles. The van der Waals surface area contributed by atoms with E-state index in [-0.39, 0.29) is 16.6 Å². The fourth-order valence-corrected chi connectivity index (χ4v) is 1.85. The number of amides is 1. The van der Waals surface area contributed by atoms with Crippen LogP contribution < -0.4 is 10.6 Å². The highest BCUT2D eigenvalue weighted by Gasteiger charge is 2.30. The molecule has 0 aromatic carbocycles. The van der Waals surface area contributed by atoms with Crippen LogP contribution in [0.25, 0.3) is 0 Å². The van der Waals surface area contributed by atoms with Crippen LogP contribution in [0.3, 0.4) is 0 Å². The first-order valence-corrected chi connectivity index (χ1v) is 5.14. The van der Waals surface area contributed by atoms with Gasteiger partial charge in [0.25, 0.3) is 0 Å². The Bertz CT molecular complexity index is 530. The largest absolute Gasteiger partial charge is 0.385 e. The number of anilines is 2. The van der Waals surface area contributed by atoms with Crippen molar-refractivity contribution < 1.29 is 4.79 Å². The molecule has 0 radical (unpaired) electrons. The predicted molar refractivity (Wildman–Crippen MR) is 63.1 cm³/mol. The van der Waals surface area contributed by atoms with E-state index in [0.29, 0.717) is 24.6 Å². The summed E-state index contributed by atoms with van der Waals surface area (Å²) >= 11 is 4.89. The van der Waals surface area contributed by atoms with Crippen LogP contribution in [0.1, 0.15) is 6.42 Å². The number of terminal acetylenes is 1. The Balaban J connectivity index is 2.35. The van der Waals surface area contributed by atoms with Gasteiger partial charge in [0.2, 0.25) is 5.91 Å². The number of nitrogens with two attached hydrogens (primary N) is 1. The second-order valence-electron chi connectivity index (χ2n) is 3.57. The van der Waals surface area contributed by atoms with Gasteiger partial charge in [-0.1, -0.05) is 0 Å². The minimum Gasteiger partial charge on any atom is -0.385 e. The molecule has 1 aliphatic heterocycles. The van der Waals surface area contributed by atoms with Crippen LogP contribution in [0, 0.1) is 23.0 Å². The first-order valence-electron chi connectivity index (χ1n) is 4.73. The zero-order valence-electron chi connectivity index (χ0n) is 8.43. The van der Waals surface area contributed by atoms with Gasteiger partial charge in [0.15, 0.2) is 4.77 Å². The molecular weight excluding hydrogens is 224 g/mol. The Morgan fingerprint density at radius 1 is 1.75 bits per heavy atom. The van der Waals surface area contributed by atoms with E-state index >= 15 is 0 Å². The first kappa shape index (κ1) is 10.6. The average molecular weight is 234 g/mol. The summed E-state index contributed by atoms with van der Waals surface area (Å²) in [5.74, 6) is 3.30. The average Bonchev–Trinajstić information content (AvgIpc) is 2.58. The maximum atomic E-state index is 11.7. The number of aromatic nitrogens is 2. The lowest BCUT2D eigenvalue weighted by Crippen LogP contribution is -2.25. The number of nitrogens with zero attached hydrogens (tertiary/aromatic N) is 2. The molecular formula is C10H10N4OS. The lowest BCUT2D eigenvalue weighted by atomic mass is 10.1. The smallest absolute Gasteiger partial charge is 0.229 e. The van der Waals surface area contributed by atoms with Gasteiger partial charge in [-0.05, 0) is 12.2 Å². The number of carbonyl (C=O) groups excluding carboxylic acids is 1. The Morgan fingerprint density at radius 2 is 2.50 bits per heavy atom. The zero-order valence-corrected chi connectivity index (χ0v) is 9.25. The van der Waals surface area contributed by atoms with Gasteiger partial charge < -0.3 is 10.7 Å². The van der Waals surface area contributed by atoms with E-state index in [9.17, 15) is 4.79 Å². The molecule has 1 atom stereocenters. The summed E-state index contributed by atoms with van der Waals surface area (Å²) < 4.78 is 0.256. The van der Waals surface area contributed by atoms with Gasteiger partial charge >= 0.3 is 0 Å². The van der Waals surface area contributed by atoms with Crippen molar-refractivity contribution in [2.45, 2.75) is 6.42 Å². The lowest BCUT2D eigenvalue weighted by molar-refractivity contribution is -0.117. The third-order valence-corrected chi connectivity index (χ3v) is 2.58. The van der Waals surface area contributed by atoms with Crippen LogP contribution in [0.2, 0.25) is 0 Å². The molecule has 1 saturated heterocycles. The number of hydrogen-bond donors (Lipinski definition) is 2. The van der Waals surface area contributed by atoms with Crippen molar-refractivity contribution in [3.8, 4) is 12.3 Å². The van der Waals surface area contributed by atoms with Crippen molar-refractivity contribution in [2.24, 2.45) is 5.92 Å². The summed E-state index contributed by atoms with van der Waals surface area (Å²) in [5.41, 5.74) is 5.60. The van der Waals surface area contributed by atoms with Crippen molar-refractivity contribution in [1.82, 2.24) is 9.97 Å². The second kappa shape index (κ2) is 3.94. The highest BCUT2D eigenvalue weighted by Crippen LogP contribution is 2.23. The number of hydrogen-bond acceptors (Lipinski definition) is 4. The Kier molecular flexibility index (Phi) is 2.62. The Morgan fingerprint density at radius 3 is 3.06 bits per heavy atom. The van der Waals surface area contributed by atoms with E-state index in [0.717, 1.165) is 0 Å². The van der Waals surface area contributed by atoms with E-state index in [4.69, 9.17) is 24.4 Å². The van der Waals surface area contributed by atoms with E-state index in [1.165, 1.54) is 4.90 Å². The summed E-state index contributed by atoms with van der Waals surface area (Å²) in [6.07, 6.45) is 5.65. The lowest BCUT2D eigenvalue weighted by Gasteiger charge is -2.14. The highest BCUT2D eigenvalue weighted by molar-refractivity contribution is 7.71. The molecule has 1 aliphatic rings. The molecule has 5 nitrogen and oxygen atoms in total. The van der Waals surface area contributed by atoms with Gasteiger partial charge in [-0.15, -0.1) is 12.3 Å². The SMILES string of the molecule is C#CC1CC(=O)N(c2cc(N)[nH]c(=S)n2)C1. The molecule has 1 unspecified atom stereocenters. The van der Waals surface area contributed by atoms with Gasteiger partial charge in [-0.2, -0.15) is 0 Å². The number of nitrogens with one attached hydrogen (secondary N) is 1. The molecule has 0 spiro atoms. The van der Waals surface area contributed by atoms with E-state index in [1.54, 1.807) is 6.07 Å².